The first kappa shape index (κ1) is 9.86. The molecular weight excluding hydrogens is 208 g/mol. The number of nitrogens with zero attached hydrogens (tertiary/aromatic N) is 1. The van der Waals surface area contributed by atoms with Gasteiger partial charge in [-0.15, -0.1) is 11.3 Å². The summed E-state index contributed by atoms with van der Waals surface area (Å²) in [7, 11) is 0. The topological polar surface area (TPSA) is 42.0 Å². The van der Waals surface area contributed by atoms with Crippen molar-refractivity contribution in [2.75, 3.05) is 5.32 Å². The fourth-order valence-corrected chi connectivity index (χ4v) is 1.69. The molecule has 1 aromatic heterocycles. The maximum atomic E-state index is 11.7. The Labute approximate surface area is 91.8 Å². The first-order chi connectivity index (χ1) is 7.25. The van der Waals surface area contributed by atoms with Gasteiger partial charge in [-0.3, -0.25) is 10.1 Å². The molecular formula is C11H9N2OS. The van der Waals surface area contributed by atoms with Crippen LogP contribution in [-0.2, 0) is 0 Å². The number of hydrogen-bond donors (Lipinski definition) is 1. The van der Waals surface area contributed by atoms with Crippen molar-refractivity contribution in [3.8, 4) is 0 Å². The zero-order valence-electron chi connectivity index (χ0n) is 7.93. The molecule has 0 saturated carbocycles. The summed E-state index contributed by atoms with van der Waals surface area (Å²) in [6, 6.07) is 7.14. The smallest absolute Gasteiger partial charge is 0.257 e. The van der Waals surface area contributed by atoms with Crippen LogP contribution in [0.1, 0.15) is 15.9 Å². The first-order valence-electron chi connectivity index (χ1n) is 4.38. The van der Waals surface area contributed by atoms with Gasteiger partial charge >= 0.3 is 0 Å². The van der Waals surface area contributed by atoms with Crippen molar-refractivity contribution in [3.63, 3.8) is 0 Å². The second-order valence-corrected chi connectivity index (χ2v) is 3.89. The van der Waals surface area contributed by atoms with Gasteiger partial charge in [-0.05, 0) is 24.6 Å². The lowest BCUT2D eigenvalue weighted by molar-refractivity contribution is 0.102. The van der Waals surface area contributed by atoms with Crippen molar-refractivity contribution in [1.29, 1.82) is 0 Å². The van der Waals surface area contributed by atoms with Crippen LogP contribution in [0.3, 0.4) is 0 Å². The zero-order chi connectivity index (χ0) is 10.7. The Hall–Kier alpha value is -1.68. The van der Waals surface area contributed by atoms with E-state index in [0.717, 1.165) is 5.56 Å². The van der Waals surface area contributed by atoms with Gasteiger partial charge in [-0.2, -0.15) is 0 Å². The average Bonchev–Trinajstić information content (AvgIpc) is 2.70. The molecule has 0 aliphatic heterocycles. The van der Waals surface area contributed by atoms with Gasteiger partial charge in [0.2, 0.25) is 0 Å². The van der Waals surface area contributed by atoms with E-state index in [4.69, 9.17) is 0 Å². The Morgan fingerprint density at radius 1 is 1.47 bits per heavy atom. The van der Waals surface area contributed by atoms with E-state index in [1.165, 1.54) is 11.3 Å². The molecule has 75 valence electrons. The van der Waals surface area contributed by atoms with E-state index in [0.29, 0.717) is 10.7 Å². The standard InChI is InChI=1S/C11H9N2OS/c1-8-3-2-4-9(7-8)10(14)13-11-12-5-6-15-11/h2-7H,1H2,(H,12,13,14). The Bertz CT molecular complexity index is 465. The summed E-state index contributed by atoms with van der Waals surface area (Å²) in [4.78, 5) is 15.7. The molecule has 2 aromatic rings. The number of aromatic nitrogens is 1. The van der Waals surface area contributed by atoms with Gasteiger partial charge < -0.3 is 0 Å². The molecule has 3 nitrogen and oxygen atoms in total. The van der Waals surface area contributed by atoms with E-state index in [1.54, 1.807) is 24.4 Å². The van der Waals surface area contributed by atoms with Crippen LogP contribution in [0.4, 0.5) is 5.13 Å². The summed E-state index contributed by atoms with van der Waals surface area (Å²) < 4.78 is 0. The lowest BCUT2D eigenvalue weighted by Crippen LogP contribution is -2.11. The van der Waals surface area contributed by atoms with Gasteiger partial charge in [0.05, 0.1) is 0 Å². The molecule has 1 radical (unpaired) electrons. The van der Waals surface area contributed by atoms with Gasteiger partial charge in [0.15, 0.2) is 5.13 Å². The summed E-state index contributed by atoms with van der Waals surface area (Å²) in [5.41, 5.74) is 1.42. The molecule has 2 rings (SSSR count). The maximum absolute atomic E-state index is 11.7. The van der Waals surface area contributed by atoms with Crippen molar-refractivity contribution >= 4 is 22.4 Å². The highest BCUT2D eigenvalue weighted by molar-refractivity contribution is 7.13. The number of nitrogens with one attached hydrogen (secondary N) is 1. The van der Waals surface area contributed by atoms with Crippen LogP contribution >= 0.6 is 11.3 Å². The van der Waals surface area contributed by atoms with Gasteiger partial charge in [0.1, 0.15) is 0 Å². The van der Waals surface area contributed by atoms with E-state index < -0.39 is 0 Å². The number of carbonyl (C=O) groups is 1. The molecule has 15 heavy (non-hydrogen) atoms. The lowest BCUT2D eigenvalue weighted by atomic mass is 10.1. The fraction of sp³-hybridized carbons (Fsp3) is 0. The highest BCUT2D eigenvalue weighted by atomic mass is 32.1. The van der Waals surface area contributed by atoms with E-state index in [1.807, 2.05) is 11.4 Å². The molecule has 1 N–H and O–H groups in total. The summed E-state index contributed by atoms with van der Waals surface area (Å²) in [6.45, 7) is 3.77. The third kappa shape index (κ3) is 2.41. The predicted molar refractivity (Wildman–Crippen MR) is 61.0 cm³/mol. The van der Waals surface area contributed by atoms with Crippen molar-refractivity contribution in [1.82, 2.24) is 4.98 Å². The molecule has 4 heteroatoms. The monoisotopic (exact) mass is 217 g/mol. The maximum Gasteiger partial charge on any atom is 0.257 e. The van der Waals surface area contributed by atoms with Crippen LogP contribution in [0.5, 0.6) is 0 Å². The molecule has 0 fully saturated rings. The van der Waals surface area contributed by atoms with Crippen molar-refractivity contribution < 1.29 is 4.79 Å². The van der Waals surface area contributed by atoms with Crippen LogP contribution < -0.4 is 5.32 Å². The second kappa shape index (κ2) is 4.23. The Morgan fingerprint density at radius 3 is 3.00 bits per heavy atom. The molecule has 0 atom stereocenters. The molecule has 0 aliphatic rings. The van der Waals surface area contributed by atoms with Crippen molar-refractivity contribution in [3.05, 3.63) is 53.9 Å². The minimum Gasteiger partial charge on any atom is -0.298 e. The van der Waals surface area contributed by atoms with Crippen LogP contribution in [-0.4, -0.2) is 10.9 Å². The minimum absolute atomic E-state index is 0.157. The third-order valence-corrected chi connectivity index (χ3v) is 2.53. The lowest BCUT2D eigenvalue weighted by Gasteiger charge is -2.01. The van der Waals surface area contributed by atoms with Crippen LogP contribution in [0.25, 0.3) is 0 Å². The highest BCUT2D eigenvalue weighted by Gasteiger charge is 2.06. The molecule has 0 unspecified atom stereocenters. The van der Waals surface area contributed by atoms with Crippen LogP contribution in [0.2, 0.25) is 0 Å². The van der Waals surface area contributed by atoms with Crippen LogP contribution in [0, 0.1) is 6.92 Å². The normalized spacial score (nSPS) is 9.93. The molecule has 1 heterocycles. The Morgan fingerprint density at radius 2 is 2.33 bits per heavy atom. The molecule has 0 bridgehead atoms. The summed E-state index contributed by atoms with van der Waals surface area (Å²) >= 11 is 1.39. The fourth-order valence-electron chi connectivity index (χ4n) is 1.17. The number of benzene rings is 1. The van der Waals surface area contributed by atoms with Gasteiger partial charge in [0.25, 0.3) is 5.91 Å². The highest BCUT2D eigenvalue weighted by Crippen LogP contribution is 2.12. The summed E-state index contributed by atoms with van der Waals surface area (Å²) in [5, 5.41) is 5.13. The average molecular weight is 217 g/mol. The molecule has 0 aliphatic carbocycles. The number of carbonyl (C=O) groups excluding carboxylic acids is 1. The van der Waals surface area contributed by atoms with Crippen molar-refractivity contribution in [2.45, 2.75) is 0 Å². The number of hydrogen-bond acceptors (Lipinski definition) is 3. The predicted octanol–water partition coefficient (Wildman–Crippen LogP) is 2.58. The van der Waals surface area contributed by atoms with E-state index in [9.17, 15) is 4.79 Å². The van der Waals surface area contributed by atoms with Gasteiger partial charge in [-0.25, -0.2) is 4.98 Å². The van der Waals surface area contributed by atoms with Crippen molar-refractivity contribution in [2.24, 2.45) is 0 Å². The quantitative estimate of drug-likeness (QED) is 0.840. The summed E-state index contributed by atoms with van der Waals surface area (Å²) in [5.74, 6) is -0.157. The molecule has 1 aromatic carbocycles. The Kier molecular flexibility index (Phi) is 2.78. The minimum atomic E-state index is -0.157. The number of amides is 1. The van der Waals surface area contributed by atoms with Crippen LogP contribution in [0.15, 0.2) is 35.8 Å². The summed E-state index contributed by atoms with van der Waals surface area (Å²) in [6.07, 6.45) is 1.65. The van der Waals surface area contributed by atoms with Gasteiger partial charge in [-0.1, -0.05) is 12.1 Å². The number of thiazole rings is 1. The Balaban J connectivity index is 2.15. The number of anilines is 1. The third-order valence-electron chi connectivity index (χ3n) is 1.84. The van der Waals surface area contributed by atoms with E-state index >= 15 is 0 Å². The molecule has 0 saturated heterocycles. The van der Waals surface area contributed by atoms with Gasteiger partial charge in [0, 0.05) is 17.1 Å². The second-order valence-electron chi connectivity index (χ2n) is 2.99. The number of rotatable bonds is 2. The molecule has 1 amide bonds. The largest absolute Gasteiger partial charge is 0.298 e. The SMILES string of the molecule is [CH2]c1cccc(C(=O)Nc2nccs2)c1. The van der Waals surface area contributed by atoms with E-state index in [-0.39, 0.29) is 5.91 Å². The first-order valence-corrected chi connectivity index (χ1v) is 5.26. The zero-order valence-corrected chi connectivity index (χ0v) is 8.75. The van der Waals surface area contributed by atoms with E-state index in [2.05, 4.69) is 17.2 Å². The molecule has 0 spiro atoms.